The number of alkyl halides is 3. The van der Waals surface area contributed by atoms with Gasteiger partial charge in [0.2, 0.25) is 10.0 Å². The highest BCUT2D eigenvalue weighted by molar-refractivity contribution is 7.89. The first-order valence-electron chi connectivity index (χ1n) is 8.87. The zero-order chi connectivity index (χ0) is 22.8. The number of hydrogen-bond acceptors (Lipinski definition) is 5. The van der Waals surface area contributed by atoms with E-state index in [0.717, 1.165) is 4.57 Å². The predicted molar refractivity (Wildman–Crippen MR) is 112 cm³/mol. The van der Waals surface area contributed by atoms with Crippen molar-refractivity contribution in [1.29, 1.82) is 0 Å². The number of anilines is 2. The van der Waals surface area contributed by atoms with Crippen molar-refractivity contribution >= 4 is 32.3 Å². The summed E-state index contributed by atoms with van der Waals surface area (Å²) < 4.78 is 68.3. The van der Waals surface area contributed by atoms with Gasteiger partial charge in [0, 0.05) is 17.1 Å². The molecule has 0 saturated heterocycles. The second-order valence-electron chi connectivity index (χ2n) is 6.57. The Balaban J connectivity index is 1.86. The van der Waals surface area contributed by atoms with Crippen molar-refractivity contribution in [3.63, 3.8) is 0 Å². The number of fused-ring (bicyclic) bond motifs is 1. The van der Waals surface area contributed by atoms with E-state index in [1.807, 2.05) is 0 Å². The van der Waals surface area contributed by atoms with Crippen molar-refractivity contribution < 1.29 is 26.3 Å². The Morgan fingerprint density at radius 2 is 1.94 bits per heavy atom. The van der Waals surface area contributed by atoms with Crippen LogP contribution in [-0.2, 0) is 16.6 Å². The lowest BCUT2D eigenvalue weighted by molar-refractivity contribution is -0.140. The molecule has 0 fully saturated rings. The van der Waals surface area contributed by atoms with Gasteiger partial charge in [0.1, 0.15) is 12.3 Å². The van der Waals surface area contributed by atoms with E-state index in [1.54, 1.807) is 18.2 Å². The van der Waals surface area contributed by atoms with Crippen molar-refractivity contribution in [3.8, 4) is 17.6 Å². The van der Waals surface area contributed by atoms with Crippen LogP contribution in [0.1, 0.15) is 5.69 Å². The molecule has 7 nitrogen and oxygen atoms in total. The summed E-state index contributed by atoms with van der Waals surface area (Å²) in [5, 5.41) is 8.53. The largest absolute Gasteiger partial charge is 0.495 e. The summed E-state index contributed by atoms with van der Waals surface area (Å²) in [6, 6.07) is 10.3. The number of rotatable bonds is 5. The number of nitrogens with zero attached hydrogens (tertiary/aromatic N) is 1. The standard InChI is InChI=1S/C20H19F3N4O3S/c1-30-19-11-14(31(25,28)29)7-8-17(19)26-9-3-4-13-10-15-16(24)5-2-6-18(15)27(13)12-20(21,22)23/h2,5-8,10-11,26H,9,12,24H2,1H3,(H2,25,28,29). The van der Waals surface area contributed by atoms with Crippen LogP contribution in [0.25, 0.3) is 10.9 Å². The van der Waals surface area contributed by atoms with E-state index in [1.165, 1.54) is 31.4 Å². The number of nitrogens with one attached hydrogen (secondary N) is 1. The van der Waals surface area contributed by atoms with E-state index in [2.05, 4.69) is 17.2 Å². The fraction of sp³-hybridized carbons (Fsp3) is 0.200. The van der Waals surface area contributed by atoms with Crippen molar-refractivity contribution in [2.24, 2.45) is 5.14 Å². The van der Waals surface area contributed by atoms with Gasteiger partial charge in [-0.3, -0.25) is 0 Å². The molecule has 0 radical (unpaired) electrons. The van der Waals surface area contributed by atoms with Crippen LogP contribution < -0.4 is 20.9 Å². The Morgan fingerprint density at radius 3 is 2.58 bits per heavy atom. The molecule has 1 heterocycles. The minimum Gasteiger partial charge on any atom is -0.495 e. The van der Waals surface area contributed by atoms with Crippen LogP contribution in [0.5, 0.6) is 5.75 Å². The number of hydrogen-bond donors (Lipinski definition) is 3. The third-order valence-corrected chi connectivity index (χ3v) is 5.31. The Bertz CT molecular complexity index is 1290. The van der Waals surface area contributed by atoms with Crippen LogP contribution in [0.3, 0.4) is 0 Å². The molecule has 11 heteroatoms. The molecule has 5 N–H and O–H groups in total. The molecule has 1 aromatic heterocycles. The molecular weight excluding hydrogens is 433 g/mol. The molecular formula is C20H19F3N4O3S. The minimum atomic E-state index is -4.43. The zero-order valence-corrected chi connectivity index (χ0v) is 17.1. The van der Waals surface area contributed by atoms with Crippen LogP contribution in [-0.4, -0.2) is 32.8 Å². The van der Waals surface area contributed by atoms with Gasteiger partial charge < -0.3 is 20.4 Å². The van der Waals surface area contributed by atoms with Gasteiger partial charge in [0.05, 0.1) is 35.4 Å². The third-order valence-electron chi connectivity index (χ3n) is 4.40. The van der Waals surface area contributed by atoms with Crippen LogP contribution >= 0.6 is 0 Å². The fourth-order valence-corrected chi connectivity index (χ4v) is 3.56. The molecule has 164 valence electrons. The molecule has 31 heavy (non-hydrogen) atoms. The maximum absolute atomic E-state index is 13.1. The molecule has 0 aliphatic rings. The van der Waals surface area contributed by atoms with Gasteiger partial charge >= 0.3 is 6.18 Å². The van der Waals surface area contributed by atoms with Gasteiger partial charge in [-0.15, -0.1) is 0 Å². The zero-order valence-electron chi connectivity index (χ0n) is 16.3. The molecule has 0 atom stereocenters. The fourth-order valence-electron chi connectivity index (χ4n) is 3.03. The van der Waals surface area contributed by atoms with Crippen LogP contribution in [0.4, 0.5) is 24.5 Å². The molecule has 3 rings (SSSR count). The Labute approximate surface area is 176 Å². The topological polar surface area (TPSA) is 112 Å². The monoisotopic (exact) mass is 452 g/mol. The summed E-state index contributed by atoms with van der Waals surface area (Å²) in [6.07, 6.45) is -4.43. The van der Waals surface area contributed by atoms with Gasteiger partial charge in [-0.05, 0) is 36.3 Å². The number of halogens is 3. The van der Waals surface area contributed by atoms with Crippen molar-refractivity contribution in [2.45, 2.75) is 17.6 Å². The van der Waals surface area contributed by atoms with E-state index in [-0.39, 0.29) is 22.9 Å². The van der Waals surface area contributed by atoms with Gasteiger partial charge in [0.15, 0.2) is 0 Å². The van der Waals surface area contributed by atoms with E-state index in [4.69, 9.17) is 15.6 Å². The molecule has 0 aliphatic carbocycles. The highest BCUT2D eigenvalue weighted by Gasteiger charge is 2.29. The molecule has 2 aromatic carbocycles. The number of methoxy groups -OCH3 is 1. The van der Waals surface area contributed by atoms with Crippen LogP contribution in [0.15, 0.2) is 47.4 Å². The molecule has 3 aromatic rings. The average Bonchev–Trinajstić information content (AvgIpc) is 3.02. The molecule has 0 bridgehead atoms. The SMILES string of the molecule is COc1cc(S(N)(=O)=O)ccc1NCC#Cc1cc2c(N)cccc2n1CC(F)(F)F. The van der Waals surface area contributed by atoms with Gasteiger partial charge in [0.25, 0.3) is 0 Å². The second-order valence-corrected chi connectivity index (χ2v) is 8.13. The maximum Gasteiger partial charge on any atom is 0.406 e. The normalized spacial score (nSPS) is 11.8. The number of sulfonamides is 1. The number of primary sulfonamides is 1. The van der Waals surface area contributed by atoms with Gasteiger partial charge in [-0.2, -0.15) is 13.2 Å². The third kappa shape index (κ3) is 5.22. The summed E-state index contributed by atoms with van der Waals surface area (Å²) in [6.45, 7) is -1.13. The molecule has 0 amide bonds. The summed E-state index contributed by atoms with van der Waals surface area (Å²) in [5.74, 6) is 5.73. The summed E-state index contributed by atoms with van der Waals surface area (Å²) in [5.41, 5.74) is 7.21. The molecule has 0 unspecified atom stereocenters. The Kier molecular flexibility index (Phi) is 6.06. The molecule has 0 aliphatic heterocycles. The Hall–Kier alpha value is -3.36. The molecule has 0 saturated carbocycles. The summed E-state index contributed by atoms with van der Waals surface area (Å²) in [4.78, 5) is -0.116. The first kappa shape index (κ1) is 22.3. The average molecular weight is 452 g/mol. The van der Waals surface area contributed by atoms with Crippen molar-refractivity contribution in [1.82, 2.24) is 4.57 Å². The first-order valence-corrected chi connectivity index (χ1v) is 10.4. The quantitative estimate of drug-likeness (QED) is 0.407. The summed E-state index contributed by atoms with van der Waals surface area (Å²) in [7, 11) is -2.53. The van der Waals surface area contributed by atoms with E-state index in [0.29, 0.717) is 22.3 Å². The van der Waals surface area contributed by atoms with Crippen molar-refractivity contribution in [3.05, 3.63) is 48.2 Å². The smallest absolute Gasteiger partial charge is 0.406 e. The van der Waals surface area contributed by atoms with Gasteiger partial charge in [-0.25, -0.2) is 13.6 Å². The number of aromatic nitrogens is 1. The number of nitrogen functional groups attached to an aromatic ring is 1. The lowest BCUT2D eigenvalue weighted by Crippen LogP contribution is -2.18. The number of ether oxygens (including phenoxy) is 1. The maximum atomic E-state index is 13.1. The minimum absolute atomic E-state index is 0.0636. The lowest BCUT2D eigenvalue weighted by Gasteiger charge is -2.11. The lowest BCUT2D eigenvalue weighted by atomic mass is 10.2. The van der Waals surface area contributed by atoms with Gasteiger partial charge in [-0.1, -0.05) is 12.0 Å². The second kappa shape index (κ2) is 8.41. The van der Waals surface area contributed by atoms with E-state index < -0.39 is 22.7 Å². The summed E-state index contributed by atoms with van der Waals surface area (Å²) >= 11 is 0. The number of nitrogens with two attached hydrogens (primary N) is 2. The Morgan fingerprint density at radius 1 is 1.19 bits per heavy atom. The van der Waals surface area contributed by atoms with E-state index in [9.17, 15) is 21.6 Å². The first-order chi connectivity index (χ1) is 14.5. The van der Waals surface area contributed by atoms with Crippen LogP contribution in [0.2, 0.25) is 0 Å². The highest BCUT2D eigenvalue weighted by Crippen LogP contribution is 2.29. The highest BCUT2D eigenvalue weighted by atomic mass is 32.2. The van der Waals surface area contributed by atoms with Crippen LogP contribution in [0, 0.1) is 11.8 Å². The molecule has 0 spiro atoms. The van der Waals surface area contributed by atoms with E-state index >= 15 is 0 Å². The number of benzene rings is 2. The van der Waals surface area contributed by atoms with Crippen molar-refractivity contribution in [2.75, 3.05) is 24.7 Å². The predicted octanol–water partition coefficient (Wildman–Crippen LogP) is 2.91.